The highest BCUT2D eigenvalue weighted by Gasteiger charge is 2.10. The molecule has 156 valence electrons. The molecular formula is C22H27BrN2O4. The van der Waals surface area contributed by atoms with E-state index in [9.17, 15) is 9.59 Å². The molecule has 0 heterocycles. The van der Waals surface area contributed by atoms with E-state index in [4.69, 9.17) is 9.47 Å². The number of rotatable bonds is 8. The lowest BCUT2D eigenvalue weighted by Crippen LogP contribution is -2.45. The molecule has 6 nitrogen and oxygen atoms in total. The molecule has 0 aliphatic rings. The van der Waals surface area contributed by atoms with E-state index >= 15 is 0 Å². The van der Waals surface area contributed by atoms with E-state index in [-0.39, 0.29) is 13.2 Å². The van der Waals surface area contributed by atoms with Crippen molar-refractivity contribution in [1.29, 1.82) is 0 Å². The Balaban J connectivity index is 1.73. The lowest BCUT2D eigenvalue weighted by atomic mass is 9.99. The molecular weight excluding hydrogens is 436 g/mol. The predicted molar refractivity (Wildman–Crippen MR) is 116 cm³/mol. The maximum Gasteiger partial charge on any atom is 0.276 e. The van der Waals surface area contributed by atoms with Gasteiger partial charge in [0.05, 0.1) is 0 Å². The Morgan fingerprint density at radius 3 is 2.00 bits per heavy atom. The first kappa shape index (κ1) is 22.7. The van der Waals surface area contributed by atoms with Crippen LogP contribution in [0.1, 0.15) is 42.9 Å². The summed E-state index contributed by atoms with van der Waals surface area (Å²) >= 11 is 3.42. The van der Waals surface area contributed by atoms with Gasteiger partial charge in [-0.3, -0.25) is 20.4 Å². The molecule has 0 aliphatic carbocycles. The summed E-state index contributed by atoms with van der Waals surface area (Å²) in [7, 11) is 0. The van der Waals surface area contributed by atoms with Crippen LogP contribution < -0.4 is 20.3 Å². The topological polar surface area (TPSA) is 76.7 Å². The molecule has 29 heavy (non-hydrogen) atoms. The third kappa shape index (κ3) is 7.09. The summed E-state index contributed by atoms with van der Waals surface area (Å²) in [5, 5.41) is 0. The maximum atomic E-state index is 11.9. The number of nitrogens with one attached hydrogen (secondary N) is 2. The van der Waals surface area contributed by atoms with E-state index in [1.807, 2.05) is 50.2 Å². The van der Waals surface area contributed by atoms with Crippen molar-refractivity contribution in [3.63, 3.8) is 0 Å². The quantitative estimate of drug-likeness (QED) is 0.576. The Morgan fingerprint density at radius 2 is 1.48 bits per heavy atom. The van der Waals surface area contributed by atoms with E-state index in [0.29, 0.717) is 17.4 Å². The van der Waals surface area contributed by atoms with Crippen LogP contribution in [0.4, 0.5) is 0 Å². The summed E-state index contributed by atoms with van der Waals surface area (Å²) in [5.41, 5.74) is 7.70. The lowest BCUT2D eigenvalue weighted by Gasteiger charge is -2.13. The summed E-state index contributed by atoms with van der Waals surface area (Å²) < 4.78 is 12.0. The Hall–Kier alpha value is -2.54. The van der Waals surface area contributed by atoms with Gasteiger partial charge in [-0.1, -0.05) is 41.9 Å². The Labute approximate surface area is 180 Å². The van der Waals surface area contributed by atoms with E-state index in [1.54, 1.807) is 0 Å². The lowest BCUT2D eigenvalue weighted by molar-refractivity contribution is -0.131. The molecule has 0 fully saturated rings. The standard InChI is InChI=1S/C22H27BrN2O4/c1-5-14(2)17-6-8-19(9-7-17)28-12-20(26)24-25-21(27)13-29-22-15(3)10-18(23)11-16(22)4/h6-11,14H,5,12-13H2,1-4H3,(H,24,26)(H,25,27). The van der Waals surface area contributed by atoms with Gasteiger partial charge in [-0.2, -0.15) is 0 Å². The molecule has 7 heteroatoms. The number of hydrogen-bond donors (Lipinski definition) is 2. The van der Waals surface area contributed by atoms with Crippen LogP contribution in [0.2, 0.25) is 0 Å². The number of amides is 2. The molecule has 2 N–H and O–H groups in total. The highest BCUT2D eigenvalue weighted by molar-refractivity contribution is 9.10. The first-order chi connectivity index (χ1) is 13.8. The van der Waals surface area contributed by atoms with Gasteiger partial charge in [-0.25, -0.2) is 0 Å². The van der Waals surface area contributed by atoms with Crippen LogP contribution in [0.25, 0.3) is 0 Å². The van der Waals surface area contributed by atoms with Gasteiger partial charge in [0.1, 0.15) is 11.5 Å². The monoisotopic (exact) mass is 462 g/mol. The van der Waals surface area contributed by atoms with Gasteiger partial charge in [0.2, 0.25) is 0 Å². The van der Waals surface area contributed by atoms with Gasteiger partial charge >= 0.3 is 0 Å². The number of aryl methyl sites for hydroxylation is 2. The van der Waals surface area contributed by atoms with Crippen molar-refractivity contribution in [3.8, 4) is 11.5 Å². The predicted octanol–water partition coefficient (Wildman–Crippen LogP) is 4.18. The second-order valence-corrected chi connectivity index (χ2v) is 7.84. The third-order valence-electron chi connectivity index (χ3n) is 4.55. The highest BCUT2D eigenvalue weighted by atomic mass is 79.9. The normalized spacial score (nSPS) is 11.5. The Bertz CT molecular complexity index is 829. The molecule has 2 amide bonds. The molecule has 2 rings (SSSR count). The van der Waals surface area contributed by atoms with Gasteiger partial charge in [0, 0.05) is 4.47 Å². The van der Waals surface area contributed by atoms with E-state index < -0.39 is 11.8 Å². The fourth-order valence-corrected chi connectivity index (χ4v) is 3.44. The molecule has 1 atom stereocenters. The van der Waals surface area contributed by atoms with Crippen molar-refractivity contribution < 1.29 is 19.1 Å². The van der Waals surface area contributed by atoms with Crippen molar-refractivity contribution in [1.82, 2.24) is 10.9 Å². The fourth-order valence-electron chi connectivity index (χ4n) is 2.75. The van der Waals surface area contributed by atoms with E-state index in [2.05, 4.69) is 40.6 Å². The number of carbonyl (C=O) groups is 2. The number of benzene rings is 2. The van der Waals surface area contributed by atoms with Crippen LogP contribution in [0.3, 0.4) is 0 Å². The second kappa shape index (κ2) is 10.9. The second-order valence-electron chi connectivity index (χ2n) is 6.92. The summed E-state index contributed by atoms with van der Waals surface area (Å²) in [6.07, 6.45) is 1.06. The Kier molecular flexibility index (Phi) is 8.51. The first-order valence-electron chi connectivity index (χ1n) is 9.50. The largest absolute Gasteiger partial charge is 0.484 e. The van der Waals surface area contributed by atoms with Gasteiger partial charge in [-0.15, -0.1) is 0 Å². The summed E-state index contributed by atoms with van der Waals surface area (Å²) in [6.45, 7) is 7.70. The molecule has 0 saturated heterocycles. The molecule has 0 aliphatic heterocycles. The zero-order valence-electron chi connectivity index (χ0n) is 17.2. The number of hydrazine groups is 1. The number of carbonyl (C=O) groups excluding carboxylic acids is 2. The van der Waals surface area contributed by atoms with Crippen molar-refractivity contribution in [2.45, 2.75) is 40.0 Å². The van der Waals surface area contributed by atoms with Crippen molar-refractivity contribution >= 4 is 27.7 Å². The average Bonchev–Trinajstić information content (AvgIpc) is 2.69. The highest BCUT2D eigenvalue weighted by Crippen LogP contribution is 2.27. The smallest absolute Gasteiger partial charge is 0.276 e. The SMILES string of the molecule is CCC(C)c1ccc(OCC(=O)NNC(=O)COc2c(C)cc(Br)cc2C)cc1. The zero-order valence-corrected chi connectivity index (χ0v) is 18.8. The van der Waals surface area contributed by atoms with E-state index in [0.717, 1.165) is 22.0 Å². The minimum Gasteiger partial charge on any atom is -0.484 e. The number of hydrogen-bond acceptors (Lipinski definition) is 4. The van der Waals surface area contributed by atoms with Crippen LogP contribution in [-0.4, -0.2) is 25.0 Å². The molecule has 0 radical (unpaired) electrons. The molecule has 0 bridgehead atoms. The molecule has 2 aromatic carbocycles. The zero-order chi connectivity index (χ0) is 21.4. The van der Waals surface area contributed by atoms with Gasteiger partial charge in [0.25, 0.3) is 11.8 Å². The van der Waals surface area contributed by atoms with Crippen molar-refractivity contribution in [2.75, 3.05) is 13.2 Å². The minimum atomic E-state index is -0.460. The van der Waals surface area contributed by atoms with Gasteiger partial charge in [0.15, 0.2) is 13.2 Å². The van der Waals surface area contributed by atoms with Gasteiger partial charge < -0.3 is 9.47 Å². The van der Waals surface area contributed by atoms with Crippen LogP contribution in [0, 0.1) is 13.8 Å². The molecule has 0 spiro atoms. The molecule has 2 aromatic rings. The summed E-state index contributed by atoms with van der Waals surface area (Å²) in [6, 6.07) is 11.5. The van der Waals surface area contributed by atoms with Gasteiger partial charge in [-0.05, 0) is 67.1 Å². The number of ether oxygens (including phenoxy) is 2. The molecule has 0 saturated carbocycles. The van der Waals surface area contributed by atoms with Crippen molar-refractivity contribution in [3.05, 3.63) is 57.6 Å². The molecule has 0 aromatic heterocycles. The van der Waals surface area contributed by atoms with Crippen molar-refractivity contribution in [2.24, 2.45) is 0 Å². The average molecular weight is 463 g/mol. The van der Waals surface area contributed by atoms with E-state index in [1.165, 1.54) is 5.56 Å². The molecule has 1 unspecified atom stereocenters. The van der Waals surface area contributed by atoms with Crippen LogP contribution in [0.5, 0.6) is 11.5 Å². The summed E-state index contributed by atoms with van der Waals surface area (Å²) in [4.78, 5) is 23.8. The maximum absolute atomic E-state index is 11.9. The van der Waals surface area contributed by atoms with Crippen LogP contribution >= 0.6 is 15.9 Å². The minimum absolute atomic E-state index is 0.200. The number of halogens is 1. The summed E-state index contributed by atoms with van der Waals surface area (Å²) in [5.74, 6) is 0.815. The van der Waals surface area contributed by atoms with Crippen LogP contribution in [0.15, 0.2) is 40.9 Å². The first-order valence-corrected chi connectivity index (χ1v) is 10.3. The van der Waals surface area contributed by atoms with Crippen LogP contribution in [-0.2, 0) is 9.59 Å². The fraction of sp³-hybridized carbons (Fsp3) is 0.364. The third-order valence-corrected chi connectivity index (χ3v) is 5.00. The Morgan fingerprint density at radius 1 is 0.966 bits per heavy atom.